The lowest BCUT2D eigenvalue weighted by atomic mass is 9.42. The van der Waals surface area contributed by atoms with Gasteiger partial charge in [0.25, 0.3) is 0 Å². The normalized spacial score (nSPS) is 49.8. The Bertz CT molecular complexity index is 759. The first kappa shape index (κ1) is 20.8. The molecule has 162 valence electrons. The molecular weight excluding hydrogens is 376 g/mol. The minimum absolute atomic E-state index is 0.109. The van der Waals surface area contributed by atoms with E-state index in [0.717, 1.165) is 5.56 Å². The van der Waals surface area contributed by atoms with Crippen LogP contribution in [0.3, 0.4) is 0 Å². The van der Waals surface area contributed by atoms with Crippen LogP contribution in [0.5, 0.6) is 0 Å². The van der Waals surface area contributed by atoms with Crippen molar-refractivity contribution in [3.8, 4) is 0 Å². The van der Waals surface area contributed by atoms with Gasteiger partial charge in [-0.3, -0.25) is 4.79 Å². The molecule has 2 saturated carbocycles. The van der Waals surface area contributed by atoms with E-state index in [4.69, 9.17) is 13.9 Å². The average molecular weight is 408 g/mol. The lowest BCUT2D eigenvalue weighted by Crippen LogP contribution is -2.69. The monoisotopic (exact) mass is 408 g/mol. The van der Waals surface area contributed by atoms with Crippen molar-refractivity contribution in [1.82, 2.24) is 0 Å². The number of carbonyl (C=O) groups excluding carboxylic acids is 1. The first-order valence-corrected chi connectivity index (χ1v) is 10.5. The third-order valence-corrected chi connectivity index (χ3v) is 8.51. The van der Waals surface area contributed by atoms with Gasteiger partial charge in [-0.05, 0) is 44.6 Å². The summed E-state index contributed by atoms with van der Waals surface area (Å²) in [4.78, 5) is 11.8. The van der Waals surface area contributed by atoms with Crippen molar-refractivity contribution in [2.24, 2.45) is 22.7 Å². The van der Waals surface area contributed by atoms with Crippen LogP contribution in [0.2, 0.25) is 0 Å². The maximum Gasteiger partial charge on any atom is 0.302 e. The second-order valence-corrected chi connectivity index (χ2v) is 9.70. The van der Waals surface area contributed by atoms with Gasteiger partial charge in [0.15, 0.2) is 6.29 Å². The van der Waals surface area contributed by atoms with Gasteiger partial charge < -0.3 is 29.2 Å². The van der Waals surface area contributed by atoms with Gasteiger partial charge in [0, 0.05) is 29.2 Å². The van der Waals surface area contributed by atoms with Gasteiger partial charge >= 0.3 is 5.97 Å². The molecule has 0 bridgehead atoms. The molecule has 4 rings (SSSR count). The van der Waals surface area contributed by atoms with Crippen LogP contribution >= 0.6 is 0 Å². The fourth-order valence-electron chi connectivity index (χ4n) is 6.62. The molecule has 1 aromatic rings. The zero-order valence-corrected chi connectivity index (χ0v) is 17.5. The Morgan fingerprint density at radius 1 is 1.24 bits per heavy atom. The first-order valence-electron chi connectivity index (χ1n) is 10.5. The van der Waals surface area contributed by atoms with Crippen LogP contribution in [0.1, 0.15) is 65.0 Å². The first-order chi connectivity index (χ1) is 13.5. The third-order valence-electron chi connectivity index (χ3n) is 8.51. The molecular formula is C22H32O7. The summed E-state index contributed by atoms with van der Waals surface area (Å²) in [5.41, 5.74) is -2.01. The zero-order chi connectivity index (χ0) is 21.2. The van der Waals surface area contributed by atoms with Crippen LogP contribution < -0.4 is 0 Å². The molecule has 7 heteroatoms. The van der Waals surface area contributed by atoms with Gasteiger partial charge in [0.05, 0.1) is 30.3 Å². The number of ether oxygens (including phenoxy) is 2. The van der Waals surface area contributed by atoms with E-state index in [0.29, 0.717) is 25.7 Å². The molecule has 1 saturated heterocycles. The van der Waals surface area contributed by atoms with E-state index in [2.05, 4.69) is 0 Å². The number of aliphatic hydroxyl groups is 3. The maximum absolute atomic E-state index is 11.8. The lowest BCUT2D eigenvalue weighted by molar-refractivity contribution is -0.287. The molecule has 2 heterocycles. The minimum atomic E-state index is -1.38. The number of rotatable bonds is 2. The highest BCUT2D eigenvalue weighted by Crippen LogP contribution is 2.68. The van der Waals surface area contributed by atoms with Crippen LogP contribution in [-0.2, 0) is 14.3 Å². The van der Waals surface area contributed by atoms with E-state index in [9.17, 15) is 20.1 Å². The van der Waals surface area contributed by atoms with Gasteiger partial charge in [0.1, 0.15) is 6.10 Å². The summed E-state index contributed by atoms with van der Waals surface area (Å²) >= 11 is 0. The predicted octanol–water partition coefficient (Wildman–Crippen LogP) is 2.55. The molecule has 2 aliphatic carbocycles. The van der Waals surface area contributed by atoms with Crippen molar-refractivity contribution in [2.45, 2.75) is 83.6 Å². The molecule has 7 nitrogen and oxygen atoms in total. The highest BCUT2D eigenvalue weighted by molar-refractivity contribution is 5.66. The molecule has 1 spiro atoms. The number of carbonyl (C=O) groups is 1. The Balaban J connectivity index is 1.81. The Morgan fingerprint density at radius 2 is 1.97 bits per heavy atom. The van der Waals surface area contributed by atoms with Crippen LogP contribution in [0.25, 0.3) is 0 Å². The Morgan fingerprint density at radius 3 is 2.59 bits per heavy atom. The predicted molar refractivity (Wildman–Crippen MR) is 102 cm³/mol. The van der Waals surface area contributed by atoms with Crippen molar-refractivity contribution in [1.29, 1.82) is 0 Å². The maximum atomic E-state index is 11.8. The summed E-state index contributed by atoms with van der Waals surface area (Å²) in [6, 6.07) is 1.83. The lowest BCUT2D eigenvalue weighted by Gasteiger charge is -2.65. The molecule has 3 fully saturated rings. The van der Waals surface area contributed by atoms with Crippen molar-refractivity contribution in [2.75, 3.05) is 0 Å². The summed E-state index contributed by atoms with van der Waals surface area (Å²) < 4.78 is 16.9. The van der Waals surface area contributed by atoms with Crippen LogP contribution in [0.15, 0.2) is 23.0 Å². The second kappa shape index (κ2) is 6.80. The smallest absolute Gasteiger partial charge is 0.302 e. The highest BCUT2D eigenvalue weighted by atomic mass is 16.6. The molecule has 3 N–H and O–H groups in total. The molecule has 0 radical (unpaired) electrons. The standard InChI is InChI=1S/C22H32O7/c1-12-15(28-13(2)23)9-20(3)17(5-6-18(24)21(20,4)26)22(12)10-16(29-19(22)25)14-7-8-27-11-14/h7-8,11-12,15-19,24-26H,5-6,9-10H2,1-4H3. The van der Waals surface area contributed by atoms with E-state index in [-0.39, 0.29) is 17.9 Å². The van der Waals surface area contributed by atoms with E-state index < -0.39 is 40.9 Å². The topological polar surface area (TPSA) is 109 Å². The molecule has 9 atom stereocenters. The summed E-state index contributed by atoms with van der Waals surface area (Å²) in [5, 5.41) is 33.2. The van der Waals surface area contributed by atoms with E-state index >= 15 is 0 Å². The van der Waals surface area contributed by atoms with Crippen molar-refractivity contribution >= 4 is 5.97 Å². The highest BCUT2D eigenvalue weighted by Gasteiger charge is 2.71. The fraction of sp³-hybridized carbons (Fsp3) is 0.773. The number of fused-ring (bicyclic) bond motifs is 2. The average Bonchev–Trinajstić information content (AvgIpc) is 3.27. The van der Waals surface area contributed by atoms with E-state index in [1.54, 1.807) is 19.5 Å². The van der Waals surface area contributed by atoms with Crippen LogP contribution in [0.4, 0.5) is 0 Å². The van der Waals surface area contributed by atoms with Gasteiger partial charge in [-0.1, -0.05) is 13.8 Å². The number of hydrogen-bond acceptors (Lipinski definition) is 7. The quantitative estimate of drug-likeness (QED) is 0.645. The van der Waals surface area contributed by atoms with E-state index in [1.807, 2.05) is 19.9 Å². The third kappa shape index (κ3) is 2.81. The van der Waals surface area contributed by atoms with Crippen molar-refractivity contribution < 1.29 is 34.0 Å². The Hall–Kier alpha value is -1.41. The molecule has 9 unspecified atom stereocenters. The summed E-state index contributed by atoms with van der Waals surface area (Å²) in [5.74, 6) is -0.681. The molecule has 1 aromatic heterocycles. The number of furan rings is 1. The van der Waals surface area contributed by atoms with Crippen LogP contribution in [-0.4, -0.2) is 45.4 Å². The molecule has 0 aromatic carbocycles. The molecule has 0 amide bonds. The Labute approximate surface area is 171 Å². The van der Waals surface area contributed by atoms with Crippen molar-refractivity contribution in [3.05, 3.63) is 24.2 Å². The number of esters is 1. The van der Waals surface area contributed by atoms with Gasteiger partial charge in [0.2, 0.25) is 0 Å². The second-order valence-electron chi connectivity index (χ2n) is 9.70. The van der Waals surface area contributed by atoms with Gasteiger partial charge in [-0.25, -0.2) is 0 Å². The molecule has 29 heavy (non-hydrogen) atoms. The fourth-order valence-corrected chi connectivity index (χ4v) is 6.62. The van der Waals surface area contributed by atoms with Gasteiger partial charge in [-0.2, -0.15) is 0 Å². The Kier molecular flexibility index (Phi) is 4.89. The van der Waals surface area contributed by atoms with Gasteiger partial charge in [-0.15, -0.1) is 0 Å². The summed E-state index contributed by atoms with van der Waals surface area (Å²) in [7, 11) is 0. The van der Waals surface area contributed by atoms with Crippen LogP contribution in [0, 0.1) is 22.7 Å². The van der Waals surface area contributed by atoms with E-state index in [1.165, 1.54) is 6.92 Å². The van der Waals surface area contributed by atoms with Crippen molar-refractivity contribution in [3.63, 3.8) is 0 Å². The summed E-state index contributed by atoms with van der Waals surface area (Å²) in [6.45, 7) is 6.98. The molecule has 1 aliphatic heterocycles. The SMILES string of the molecule is CC(=O)OC1CC2(C)C(CCC(O)C2(C)O)C2(CC(c3ccoc3)OC2O)C1C. The minimum Gasteiger partial charge on any atom is -0.472 e. The zero-order valence-electron chi connectivity index (χ0n) is 17.5. The summed E-state index contributed by atoms with van der Waals surface area (Å²) in [6.07, 6.45) is 2.46. The molecule has 3 aliphatic rings. The largest absolute Gasteiger partial charge is 0.472 e. The number of hydrogen-bond donors (Lipinski definition) is 3. The number of aliphatic hydroxyl groups excluding tert-OH is 2.